The maximum absolute atomic E-state index is 13.9. The smallest absolute Gasteiger partial charge is 0.338 e. The van der Waals surface area contributed by atoms with Crippen molar-refractivity contribution in [2.45, 2.75) is 6.92 Å². The number of aromatic nitrogens is 1. The molecule has 1 heterocycles. The molecule has 4 aromatic rings. The van der Waals surface area contributed by atoms with Crippen LogP contribution in [0.5, 0.6) is 0 Å². The Morgan fingerprint density at radius 2 is 1.68 bits per heavy atom. The molecular formula is C23H16FNO3. The van der Waals surface area contributed by atoms with E-state index >= 15 is 0 Å². The average molecular weight is 373 g/mol. The molecule has 0 radical (unpaired) electrons. The van der Waals surface area contributed by atoms with Gasteiger partial charge < -0.3 is 9.63 Å². The van der Waals surface area contributed by atoms with Gasteiger partial charge in [0, 0.05) is 17.2 Å². The van der Waals surface area contributed by atoms with Gasteiger partial charge in [0.25, 0.3) is 0 Å². The van der Waals surface area contributed by atoms with Gasteiger partial charge in [-0.05, 0) is 41.8 Å². The average Bonchev–Trinajstić information content (AvgIpc) is 3.18. The zero-order chi connectivity index (χ0) is 19.7. The van der Waals surface area contributed by atoms with Gasteiger partial charge in [-0.2, -0.15) is 0 Å². The lowest BCUT2D eigenvalue weighted by Gasteiger charge is -2.07. The largest absolute Gasteiger partial charge is 0.478 e. The second kappa shape index (κ2) is 7.12. The number of aryl methyl sites for hydroxylation is 1. The summed E-state index contributed by atoms with van der Waals surface area (Å²) >= 11 is 0. The summed E-state index contributed by atoms with van der Waals surface area (Å²) in [5.41, 5.74) is 4.75. The number of aromatic carboxylic acids is 1. The van der Waals surface area contributed by atoms with E-state index in [4.69, 9.17) is 9.63 Å². The highest BCUT2D eigenvalue weighted by atomic mass is 19.1. The summed E-state index contributed by atoms with van der Waals surface area (Å²) in [6.07, 6.45) is 0. The first kappa shape index (κ1) is 17.7. The van der Waals surface area contributed by atoms with Crippen LogP contribution < -0.4 is 0 Å². The van der Waals surface area contributed by atoms with Gasteiger partial charge in [-0.1, -0.05) is 53.7 Å². The Labute approximate surface area is 160 Å². The standard InChI is InChI=1S/C23H16FNO3/c1-14-11-17(8-9-18(14)15-5-3-2-4-6-15)22-13-21(25-28-22)16-7-10-19(23(26)27)20(24)12-16/h2-13H,1H3,(H,26,27). The van der Waals surface area contributed by atoms with Gasteiger partial charge in [-0.3, -0.25) is 0 Å². The number of carbonyl (C=O) groups is 1. The molecule has 4 nitrogen and oxygen atoms in total. The van der Waals surface area contributed by atoms with Crippen molar-refractivity contribution in [2.75, 3.05) is 0 Å². The van der Waals surface area contributed by atoms with Gasteiger partial charge in [0.1, 0.15) is 11.5 Å². The van der Waals surface area contributed by atoms with Crippen LogP contribution in [-0.2, 0) is 0 Å². The first-order chi connectivity index (χ1) is 13.5. The highest BCUT2D eigenvalue weighted by Gasteiger charge is 2.14. The number of benzene rings is 3. The molecule has 0 fully saturated rings. The highest BCUT2D eigenvalue weighted by molar-refractivity contribution is 5.88. The van der Waals surface area contributed by atoms with Crippen LogP contribution in [0, 0.1) is 12.7 Å². The molecule has 0 aliphatic rings. The molecule has 0 saturated carbocycles. The van der Waals surface area contributed by atoms with Crippen LogP contribution in [0.1, 0.15) is 15.9 Å². The van der Waals surface area contributed by atoms with E-state index in [1.54, 1.807) is 6.07 Å². The second-order valence-electron chi connectivity index (χ2n) is 6.47. The molecule has 0 spiro atoms. The molecule has 4 rings (SSSR count). The van der Waals surface area contributed by atoms with Crippen LogP contribution in [-0.4, -0.2) is 16.2 Å². The van der Waals surface area contributed by atoms with Gasteiger partial charge in [-0.25, -0.2) is 9.18 Å². The van der Waals surface area contributed by atoms with E-state index in [0.717, 1.165) is 28.3 Å². The monoisotopic (exact) mass is 373 g/mol. The van der Waals surface area contributed by atoms with Crippen LogP contribution in [0.25, 0.3) is 33.7 Å². The summed E-state index contributed by atoms with van der Waals surface area (Å²) in [7, 11) is 0. The topological polar surface area (TPSA) is 63.3 Å². The van der Waals surface area contributed by atoms with Gasteiger partial charge >= 0.3 is 5.97 Å². The van der Waals surface area contributed by atoms with Crippen LogP contribution >= 0.6 is 0 Å². The Morgan fingerprint density at radius 3 is 2.36 bits per heavy atom. The molecule has 0 aliphatic carbocycles. The highest BCUT2D eigenvalue weighted by Crippen LogP contribution is 2.31. The quantitative estimate of drug-likeness (QED) is 0.489. The van der Waals surface area contributed by atoms with Crippen molar-refractivity contribution in [3.8, 4) is 33.7 Å². The Kier molecular flexibility index (Phi) is 4.49. The lowest BCUT2D eigenvalue weighted by molar-refractivity contribution is 0.0692. The molecule has 0 aliphatic heterocycles. The first-order valence-electron chi connectivity index (χ1n) is 8.69. The van der Waals surface area contributed by atoms with E-state index in [0.29, 0.717) is 17.0 Å². The summed E-state index contributed by atoms with van der Waals surface area (Å²) in [6.45, 7) is 2.03. The van der Waals surface area contributed by atoms with E-state index in [-0.39, 0.29) is 5.56 Å². The summed E-state index contributed by atoms with van der Waals surface area (Å²) in [4.78, 5) is 10.9. The SMILES string of the molecule is Cc1cc(-c2cc(-c3ccc(C(=O)O)c(F)c3)no2)ccc1-c1ccccc1. The molecule has 1 aromatic heterocycles. The van der Waals surface area contributed by atoms with Crippen molar-refractivity contribution >= 4 is 5.97 Å². The minimum Gasteiger partial charge on any atom is -0.478 e. The summed E-state index contributed by atoms with van der Waals surface area (Å²) in [5, 5.41) is 12.9. The number of nitrogens with zero attached hydrogens (tertiary/aromatic N) is 1. The van der Waals surface area contributed by atoms with E-state index in [1.165, 1.54) is 12.1 Å². The molecule has 138 valence electrons. The number of carboxylic acids is 1. The third kappa shape index (κ3) is 3.30. The molecule has 0 unspecified atom stereocenters. The van der Waals surface area contributed by atoms with Crippen molar-refractivity contribution in [2.24, 2.45) is 0 Å². The van der Waals surface area contributed by atoms with Crippen LogP contribution in [0.3, 0.4) is 0 Å². The fraction of sp³-hybridized carbons (Fsp3) is 0.0435. The Morgan fingerprint density at radius 1 is 0.929 bits per heavy atom. The molecule has 0 atom stereocenters. The van der Waals surface area contributed by atoms with Gasteiger partial charge in [0.05, 0.1) is 5.56 Å². The molecule has 0 saturated heterocycles. The van der Waals surface area contributed by atoms with Crippen molar-refractivity contribution in [1.29, 1.82) is 0 Å². The molecule has 5 heteroatoms. The summed E-state index contributed by atoms with van der Waals surface area (Å²) < 4.78 is 19.4. The Bertz CT molecular complexity index is 1170. The van der Waals surface area contributed by atoms with Crippen molar-refractivity contribution < 1.29 is 18.8 Å². The summed E-state index contributed by atoms with van der Waals surface area (Å²) in [5.74, 6) is -1.56. The first-order valence-corrected chi connectivity index (χ1v) is 8.69. The number of carboxylic acid groups (broad SMARTS) is 1. The number of halogens is 1. The number of hydrogen-bond acceptors (Lipinski definition) is 3. The minimum atomic E-state index is -1.31. The molecule has 3 aromatic carbocycles. The van der Waals surface area contributed by atoms with Gasteiger partial charge in [0.2, 0.25) is 0 Å². The lowest BCUT2D eigenvalue weighted by Crippen LogP contribution is -2.00. The minimum absolute atomic E-state index is 0.375. The van der Waals surface area contributed by atoms with E-state index in [1.807, 2.05) is 43.3 Å². The second-order valence-corrected chi connectivity index (χ2v) is 6.47. The van der Waals surface area contributed by atoms with E-state index < -0.39 is 11.8 Å². The Balaban J connectivity index is 1.65. The fourth-order valence-corrected chi connectivity index (χ4v) is 3.15. The third-order valence-corrected chi connectivity index (χ3v) is 4.60. The van der Waals surface area contributed by atoms with Crippen molar-refractivity contribution in [3.05, 3.63) is 89.7 Å². The molecule has 0 amide bonds. The van der Waals surface area contributed by atoms with E-state index in [9.17, 15) is 9.18 Å². The Hall–Kier alpha value is -3.73. The van der Waals surface area contributed by atoms with E-state index in [2.05, 4.69) is 17.3 Å². The van der Waals surface area contributed by atoms with Gasteiger partial charge in [0.15, 0.2) is 5.76 Å². The van der Waals surface area contributed by atoms with Crippen LogP contribution in [0.4, 0.5) is 4.39 Å². The van der Waals surface area contributed by atoms with Crippen LogP contribution in [0.15, 0.2) is 77.3 Å². The summed E-state index contributed by atoms with van der Waals surface area (Å²) in [6, 6.07) is 21.7. The van der Waals surface area contributed by atoms with Crippen LogP contribution in [0.2, 0.25) is 0 Å². The zero-order valence-electron chi connectivity index (χ0n) is 15.0. The molecule has 28 heavy (non-hydrogen) atoms. The zero-order valence-corrected chi connectivity index (χ0v) is 15.0. The third-order valence-electron chi connectivity index (χ3n) is 4.60. The lowest BCUT2D eigenvalue weighted by atomic mass is 9.97. The molecule has 1 N–H and O–H groups in total. The van der Waals surface area contributed by atoms with Gasteiger partial charge in [-0.15, -0.1) is 0 Å². The van der Waals surface area contributed by atoms with Crippen molar-refractivity contribution in [3.63, 3.8) is 0 Å². The predicted molar refractivity (Wildman–Crippen MR) is 104 cm³/mol. The molecular weight excluding hydrogens is 357 g/mol. The normalized spacial score (nSPS) is 10.8. The van der Waals surface area contributed by atoms with Crippen molar-refractivity contribution in [1.82, 2.24) is 5.16 Å². The number of hydrogen-bond donors (Lipinski definition) is 1. The maximum Gasteiger partial charge on any atom is 0.338 e. The predicted octanol–water partition coefficient (Wildman–Crippen LogP) is 5.82. The molecule has 0 bridgehead atoms. The maximum atomic E-state index is 13.9. The fourth-order valence-electron chi connectivity index (χ4n) is 3.15. The number of rotatable bonds is 4.